The van der Waals surface area contributed by atoms with Gasteiger partial charge in [0.05, 0.1) is 25.4 Å². The minimum absolute atomic E-state index is 0.158. The predicted octanol–water partition coefficient (Wildman–Crippen LogP) is 2.72. The highest BCUT2D eigenvalue weighted by molar-refractivity contribution is 7.27. The Morgan fingerprint density at radius 2 is 1.91 bits per heavy atom. The number of benzene rings is 2. The average Bonchev–Trinajstić information content (AvgIpc) is 3.22. The highest BCUT2D eigenvalue weighted by atomic mass is 31.0. The van der Waals surface area contributed by atoms with Crippen molar-refractivity contribution in [3.05, 3.63) is 68.8 Å². The molecule has 5 rings (SSSR count). The Morgan fingerprint density at radius 3 is 2.65 bits per heavy atom. The number of likely N-dealkylation sites (N-methyl/N-ethyl adjacent to an activating group) is 1. The summed E-state index contributed by atoms with van der Waals surface area (Å²) in [6, 6.07) is 9.14. The molecule has 4 unspecified atom stereocenters. The molecule has 2 aromatic carbocycles. The molecular formula is C25H27N3O4P2. The van der Waals surface area contributed by atoms with Gasteiger partial charge in [-0.3, -0.25) is 9.59 Å². The van der Waals surface area contributed by atoms with Crippen LogP contribution in [0.2, 0.25) is 0 Å². The molecule has 1 aliphatic rings. The smallest absolute Gasteiger partial charge is 0.270 e. The van der Waals surface area contributed by atoms with Crippen LogP contribution in [0.25, 0.3) is 21.7 Å². The van der Waals surface area contributed by atoms with Gasteiger partial charge < -0.3 is 24.7 Å². The third-order valence-electron chi connectivity index (χ3n) is 6.65. The SMILES string of the molecule is Cc1cc2c(=O)[nH]c3c(c2cc1P)C(N(C)C(=O)c1cc2c(C(C)O)cc(P)cc2[nH]1)COC3. The number of aromatic amines is 2. The van der Waals surface area contributed by atoms with Gasteiger partial charge in [-0.05, 0) is 71.3 Å². The molecule has 3 N–H and O–H groups in total. The molecule has 176 valence electrons. The quantitative estimate of drug-likeness (QED) is 0.381. The molecule has 4 atom stereocenters. The first-order chi connectivity index (χ1) is 16.2. The first-order valence-corrected chi connectivity index (χ1v) is 12.2. The summed E-state index contributed by atoms with van der Waals surface area (Å²) in [5.41, 5.74) is 4.44. The van der Waals surface area contributed by atoms with Gasteiger partial charge in [0, 0.05) is 34.6 Å². The van der Waals surface area contributed by atoms with E-state index in [2.05, 4.69) is 28.4 Å². The number of H-pyrrole nitrogens is 2. The van der Waals surface area contributed by atoms with E-state index in [0.717, 1.165) is 43.6 Å². The maximum Gasteiger partial charge on any atom is 0.270 e. The van der Waals surface area contributed by atoms with Crippen molar-refractivity contribution in [1.29, 1.82) is 0 Å². The predicted molar refractivity (Wildman–Crippen MR) is 141 cm³/mol. The Kier molecular flexibility index (Phi) is 5.86. The second kappa shape index (κ2) is 8.58. The number of fused-ring (bicyclic) bond motifs is 4. The monoisotopic (exact) mass is 495 g/mol. The van der Waals surface area contributed by atoms with E-state index in [-0.39, 0.29) is 17.5 Å². The Morgan fingerprint density at radius 1 is 1.15 bits per heavy atom. The van der Waals surface area contributed by atoms with Crippen LogP contribution in [0.5, 0.6) is 0 Å². The summed E-state index contributed by atoms with van der Waals surface area (Å²) in [5.74, 6) is -0.197. The molecule has 0 fully saturated rings. The van der Waals surface area contributed by atoms with Gasteiger partial charge >= 0.3 is 0 Å². The Bertz CT molecular complexity index is 1520. The normalized spacial score (nSPS) is 16.6. The highest BCUT2D eigenvalue weighted by Crippen LogP contribution is 2.34. The number of pyridine rings is 1. The molecule has 0 aliphatic carbocycles. The van der Waals surface area contributed by atoms with Gasteiger partial charge in [0.1, 0.15) is 5.69 Å². The molecule has 2 aromatic heterocycles. The third-order valence-corrected chi connectivity index (χ3v) is 7.60. The molecule has 4 aromatic rings. The molecule has 0 bridgehead atoms. The van der Waals surface area contributed by atoms with Gasteiger partial charge in [0.25, 0.3) is 11.5 Å². The van der Waals surface area contributed by atoms with Crippen molar-refractivity contribution >= 4 is 56.7 Å². The number of carbonyl (C=O) groups is 1. The van der Waals surface area contributed by atoms with E-state index in [0.29, 0.717) is 30.0 Å². The molecule has 3 heterocycles. The molecule has 34 heavy (non-hydrogen) atoms. The van der Waals surface area contributed by atoms with Crippen molar-refractivity contribution in [2.24, 2.45) is 0 Å². The number of rotatable bonds is 3. The Balaban J connectivity index is 1.61. The first kappa shape index (κ1) is 23.2. The number of aliphatic hydroxyl groups excluding tert-OH is 1. The molecule has 7 nitrogen and oxygen atoms in total. The number of aryl methyl sites for hydroxylation is 1. The maximum atomic E-state index is 13.6. The van der Waals surface area contributed by atoms with Crippen LogP contribution in [-0.2, 0) is 11.3 Å². The second-order valence-corrected chi connectivity index (χ2v) is 10.3. The number of hydrogen-bond acceptors (Lipinski definition) is 4. The van der Waals surface area contributed by atoms with E-state index in [9.17, 15) is 14.7 Å². The summed E-state index contributed by atoms with van der Waals surface area (Å²) in [5, 5.41) is 14.4. The van der Waals surface area contributed by atoms with Gasteiger partial charge in [-0.2, -0.15) is 0 Å². The minimum atomic E-state index is -0.661. The van der Waals surface area contributed by atoms with Crippen LogP contribution >= 0.6 is 18.5 Å². The number of aliphatic hydroxyl groups is 1. The number of hydrogen-bond donors (Lipinski definition) is 3. The van der Waals surface area contributed by atoms with Crippen LogP contribution in [0.1, 0.15) is 51.9 Å². The highest BCUT2D eigenvalue weighted by Gasteiger charge is 2.32. The van der Waals surface area contributed by atoms with E-state index in [1.54, 1.807) is 24.9 Å². The van der Waals surface area contributed by atoms with Crippen molar-refractivity contribution in [2.75, 3.05) is 13.7 Å². The maximum absolute atomic E-state index is 13.6. The van der Waals surface area contributed by atoms with Gasteiger partial charge in [-0.15, -0.1) is 18.5 Å². The molecule has 1 aliphatic heterocycles. The zero-order chi connectivity index (χ0) is 24.3. The fourth-order valence-electron chi connectivity index (χ4n) is 4.81. The van der Waals surface area contributed by atoms with Gasteiger partial charge in [-0.1, -0.05) is 0 Å². The summed E-state index contributed by atoms with van der Waals surface area (Å²) in [6.45, 7) is 4.30. The van der Waals surface area contributed by atoms with E-state index < -0.39 is 6.10 Å². The van der Waals surface area contributed by atoms with Crippen molar-refractivity contribution in [3.63, 3.8) is 0 Å². The number of nitrogens with zero attached hydrogens (tertiary/aromatic N) is 1. The number of ether oxygens (including phenoxy) is 1. The summed E-state index contributed by atoms with van der Waals surface area (Å²) >= 11 is 0. The van der Waals surface area contributed by atoms with E-state index in [4.69, 9.17) is 4.74 Å². The average molecular weight is 495 g/mol. The summed E-state index contributed by atoms with van der Waals surface area (Å²) in [4.78, 5) is 34.2. The lowest BCUT2D eigenvalue weighted by Gasteiger charge is -2.33. The lowest BCUT2D eigenvalue weighted by molar-refractivity contribution is 0.0333. The number of amides is 1. The Hall–Kier alpha value is -2.56. The summed E-state index contributed by atoms with van der Waals surface area (Å²) in [7, 11) is 7.10. The second-order valence-electron chi connectivity index (χ2n) is 8.98. The van der Waals surface area contributed by atoms with Crippen LogP contribution in [0.15, 0.2) is 35.1 Å². The lowest BCUT2D eigenvalue weighted by Crippen LogP contribution is -2.37. The molecule has 0 radical (unpaired) electrons. The fourth-order valence-corrected chi connectivity index (χ4v) is 5.40. The van der Waals surface area contributed by atoms with Crippen LogP contribution in [-0.4, -0.2) is 39.5 Å². The molecule has 1 amide bonds. The van der Waals surface area contributed by atoms with Gasteiger partial charge in [0.15, 0.2) is 0 Å². The fraction of sp³-hybridized carbons (Fsp3) is 0.280. The van der Waals surface area contributed by atoms with E-state index in [1.165, 1.54) is 0 Å². The summed E-state index contributed by atoms with van der Waals surface area (Å²) in [6.07, 6.45) is -0.661. The molecule has 0 spiro atoms. The number of carbonyl (C=O) groups excluding carboxylic acids is 1. The van der Waals surface area contributed by atoms with Crippen molar-refractivity contribution in [2.45, 2.75) is 32.6 Å². The largest absolute Gasteiger partial charge is 0.389 e. The zero-order valence-corrected chi connectivity index (χ0v) is 21.5. The topological polar surface area (TPSA) is 98.4 Å². The van der Waals surface area contributed by atoms with Gasteiger partial charge in [-0.25, -0.2) is 0 Å². The molecule has 9 heteroatoms. The third kappa shape index (κ3) is 3.77. The molecule has 0 saturated carbocycles. The van der Waals surface area contributed by atoms with Crippen LogP contribution < -0.4 is 16.2 Å². The van der Waals surface area contributed by atoms with Crippen molar-refractivity contribution < 1.29 is 14.6 Å². The molecule has 0 saturated heterocycles. The van der Waals surface area contributed by atoms with Crippen molar-refractivity contribution in [1.82, 2.24) is 14.9 Å². The minimum Gasteiger partial charge on any atom is -0.389 e. The van der Waals surface area contributed by atoms with Gasteiger partial charge in [0.2, 0.25) is 0 Å². The van der Waals surface area contributed by atoms with Crippen LogP contribution in [0.3, 0.4) is 0 Å². The standard InChI is InChI=1S/C25H27N3O4P2/c1-11-4-17-16(8-22(11)34)23-20(27-24(17)30)9-32-10-21(23)28(3)25(31)19-7-15-14(12(2)29)5-13(33)6-18(15)26-19/h4-8,12,21,26,29H,9-10,33-34H2,1-3H3,(H,27,30). The first-order valence-electron chi connectivity index (χ1n) is 11.1. The van der Waals surface area contributed by atoms with E-state index >= 15 is 0 Å². The van der Waals surface area contributed by atoms with E-state index in [1.807, 2.05) is 31.2 Å². The lowest BCUT2D eigenvalue weighted by atomic mass is 9.94. The van der Waals surface area contributed by atoms with Crippen molar-refractivity contribution in [3.8, 4) is 0 Å². The number of aromatic nitrogens is 2. The zero-order valence-electron chi connectivity index (χ0n) is 19.2. The van der Waals surface area contributed by atoms with Crippen LogP contribution in [0.4, 0.5) is 0 Å². The molecular weight excluding hydrogens is 468 g/mol. The van der Waals surface area contributed by atoms with Crippen LogP contribution in [0, 0.1) is 6.92 Å². The Labute approximate surface area is 201 Å². The number of nitrogens with one attached hydrogen (secondary N) is 2. The summed E-state index contributed by atoms with van der Waals surface area (Å²) < 4.78 is 5.78.